The smallest absolute Gasteiger partial charge is 0.347 e. The van der Waals surface area contributed by atoms with Gasteiger partial charge in [0, 0.05) is 6.92 Å². The zero-order chi connectivity index (χ0) is 11.0. The number of cyclic esters (lactones) is 1. The molecule has 0 atom stereocenters. The van der Waals surface area contributed by atoms with Gasteiger partial charge in [-0.2, -0.15) is 0 Å². The number of carbonyl (C=O) groups is 2. The molecule has 76 valence electrons. The average Bonchev–Trinajstić information content (AvgIpc) is 2.43. The molecule has 2 N–H and O–H groups in total. The molecule has 0 saturated carbocycles. The van der Waals surface area contributed by atoms with Gasteiger partial charge in [-0.1, -0.05) is 6.07 Å². The summed E-state index contributed by atoms with van der Waals surface area (Å²) in [6, 6.07) is 4.86. The predicted molar refractivity (Wildman–Crippen MR) is 53.0 cm³/mol. The number of nitrogens with one attached hydrogen (secondary N) is 2. The molecule has 1 amide bonds. The number of amides is 1. The molecule has 2 rings (SSSR count). The fourth-order valence-corrected chi connectivity index (χ4v) is 1.45. The Balaban J connectivity index is 2.55. The molecule has 5 nitrogen and oxygen atoms in total. The van der Waals surface area contributed by atoms with Crippen molar-refractivity contribution in [2.75, 3.05) is 5.32 Å². The second-order valence-corrected chi connectivity index (χ2v) is 3.13. The van der Waals surface area contributed by atoms with Crippen LogP contribution in [0.2, 0.25) is 0 Å². The first-order valence-corrected chi connectivity index (χ1v) is 4.31. The van der Waals surface area contributed by atoms with Crippen LogP contribution in [0.5, 0.6) is 0 Å². The number of hydrogen-bond donors (Lipinski definition) is 2. The van der Waals surface area contributed by atoms with Crippen LogP contribution in [0.4, 0.5) is 5.69 Å². The van der Waals surface area contributed by atoms with Crippen LogP contribution < -0.4 is 5.32 Å². The molecule has 0 aliphatic carbocycles. The molecular weight excluding hydrogens is 196 g/mol. The Kier molecular flexibility index (Phi) is 2.00. The number of anilines is 1. The topological polar surface area (TPSA) is 79.2 Å². The summed E-state index contributed by atoms with van der Waals surface area (Å²) >= 11 is 0. The molecule has 1 heterocycles. The van der Waals surface area contributed by atoms with Crippen molar-refractivity contribution in [3.8, 4) is 0 Å². The number of fused-ring (bicyclic) bond motifs is 1. The normalized spacial score (nSPS) is 13.4. The monoisotopic (exact) mass is 204 g/mol. The van der Waals surface area contributed by atoms with E-state index in [0.29, 0.717) is 11.3 Å². The van der Waals surface area contributed by atoms with E-state index >= 15 is 0 Å². The summed E-state index contributed by atoms with van der Waals surface area (Å²) < 4.78 is 4.65. The Morgan fingerprint density at radius 1 is 1.47 bits per heavy atom. The SMILES string of the molecule is CC(=O)Nc1cccc2c1C(=O)OC2=N. The van der Waals surface area contributed by atoms with Crippen molar-refractivity contribution in [3.05, 3.63) is 29.3 Å². The quantitative estimate of drug-likeness (QED) is 0.673. The maximum absolute atomic E-state index is 11.4. The van der Waals surface area contributed by atoms with Gasteiger partial charge in [-0.15, -0.1) is 0 Å². The van der Waals surface area contributed by atoms with E-state index in [1.807, 2.05) is 0 Å². The van der Waals surface area contributed by atoms with Crippen molar-refractivity contribution in [1.29, 1.82) is 5.41 Å². The standard InChI is InChI=1S/C10H8N2O3/c1-5(13)12-7-4-2-3-6-8(7)10(14)15-9(6)11/h2-4,11H,1H3,(H,12,13). The molecule has 5 heteroatoms. The van der Waals surface area contributed by atoms with Crippen LogP contribution in [-0.4, -0.2) is 17.8 Å². The molecular formula is C10H8N2O3. The second-order valence-electron chi connectivity index (χ2n) is 3.13. The van der Waals surface area contributed by atoms with Crippen LogP contribution in [0.1, 0.15) is 22.8 Å². The lowest BCUT2D eigenvalue weighted by atomic mass is 10.1. The van der Waals surface area contributed by atoms with Crippen LogP contribution in [0.15, 0.2) is 18.2 Å². The Labute approximate surface area is 85.6 Å². The molecule has 0 saturated heterocycles. The maximum atomic E-state index is 11.4. The zero-order valence-corrected chi connectivity index (χ0v) is 7.96. The Bertz CT molecular complexity index is 480. The van der Waals surface area contributed by atoms with Gasteiger partial charge in [0.2, 0.25) is 11.8 Å². The van der Waals surface area contributed by atoms with Gasteiger partial charge in [-0.25, -0.2) is 4.79 Å². The van der Waals surface area contributed by atoms with Gasteiger partial charge < -0.3 is 10.1 Å². The minimum Gasteiger partial charge on any atom is -0.404 e. The van der Waals surface area contributed by atoms with E-state index in [1.165, 1.54) is 6.92 Å². The van der Waals surface area contributed by atoms with E-state index in [1.54, 1.807) is 18.2 Å². The minimum absolute atomic E-state index is 0.179. The molecule has 0 radical (unpaired) electrons. The van der Waals surface area contributed by atoms with Gasteiger partial charge in [0.15, 0.2) is 0 Å². The second kappa shape index (κ2) is 3.20. The number of esters is 1. The molecule has 0 aromatic heterocycles. The molecule has 15 heavy (non-hydrogen) atoms. The van der Waals surface area contributed by atoms with Crippen LogP contribution in [-0.2, 0) is 9.53 Å². The van der Waals surface area contributed by atoms with E-state index in [2.05, 4.69) is 10.1 Å². The van der Waals surface area contributed by atoms with Gasteiger partial charge >= 0.3 is 5.97 Å². The molecule has 1 aliphatic rings. The van der Waals surface area contributed by atoms with Crippen LogP contribution >= 0.6 is 0 Å². The lowest BCUT2D eigenvalue weighted by molar-refractivity contribution is -0.114. The van der Waals surface area contributed by atoms with Crippen molar-refractivity contribution < 1.29 is 14.3 Å². The Morgan fingerprint density at radius 2 is 2.20 bits per heavy atom. The Hall–Kier alpha value is -2.17. The third kappa shape index (κ3) is 1.48. The maximum Gasteiger partial charge on any atom is 0.347 e. The first-order chi connectivity index (χ1) is 7.09. The summed E-state index contributed by atoms with van der Waals surface area (Å²) in [6.07, 6.45) is 0. The van der Waals surface area contributed by atoms with Crippen molar-refractivity contribution in [2.45, 2.75) is 6.92 Å². The molecule has 0 spiro atoms. The summed E-state index contributed by atoms with van der Waals surface area (Å²) in [5.41, 5.74) is 1.04. The number of benzene rings is 1. The molecule has 1 aromatic rings. The molecule has 0 unspecified atom stereocenters. The van der Waals surface area contributed by atoms with Gasteiger partial charge in [-0.3, -0.25) is 10.2 Å². The van der Waals surface area contributed by atoms with Gasteiger partial charge in [-0.05, 0) is 12.1 Å². The van der Waals surface area contributed by atoms with E-state index in [9.17, 15) is 9.59 Å². The van der Waals surface area contributed by atoms with Crippen LogP contribution in [0.25, 0.3) is 0 Å². The highest BCUT2D eigenvalue weighted by atomic mass is 16.5. The first kappa shape index (κ1) is 9.39. The van der Waals surface area contributed by atoms with E-state index in [0.717, 1.165) is 0 Å². The molecule has 1 aliphatic heterocycles. The lowest BCUT2D eigenvalue weighted by Gasteiger charge is -2.04. The average molecular weight is 204 g/mol. The largest absolute Gasteiger partial charge is 0.404 e. The fourth-order valence-electron chi connectivity index (χ4n) is 1.45. The van der Waals surface area contributed by atoms with Crippen molar-refractivity contribution in [3.63, 3.8) is 0 Å². The van der Waals surface area contributed by atoms with Gasteiger partial charge in [0.05, 0.1) is 16.8 Å². The predicted octanol–water partition coefficient (Wildman–Crippen LogP) is 1.14. The highest BCUT2D eigenvalue weighted by molar-refractivity contribution is 6.19. The number of ether oxygens (including phenoxy) is 1. The van der Waals surface area contributed by atoms with Crippen molar-refractivity contribution >= 4 is 23.5 Å². The highest BCUT2D eigenvalue weighted by Crippen LogP contribution is 2.26. The summed E-state index contributed by atoms with van der Waals surface area (Å²) in [6.45, 7) is 1.35. The van der Waals surface area contributed by atoms with Crippen LogP contribution in [0.3, 0.4) is 0 Å². The fraction of sp³-hybridized carbons (Fsp3) is 0.100. The van der Waals surface area contributed by atoms with E-state index in [-0.39, 0.29) is 17.4 Å². The summed E-state index contributed by atoms with van der Waals surface area (Å²) in [7, 11) is 0. The van der Waals surface area contributed by atoms with Gasteiger partial charge in [0.25, 0.3) is 0 Å². The summed E-state index contributed by atoms with van der Waals surface area (Å²) in [5, 5.41) is 9.90. The highest BCUT2D eigenvalue weighted by Gasteiger charge is 2.29. The number of rotatable bonds is 1. The van der Waals surface area contributed by atoms with Crippen molar-refractivity contribution in [1.82, 2.24) is 0 Å². The molecule has 0 fully saturated rings. The van der Waals surface area contributed by atoms with Gasteiger partial charge in [0.1, 0.15) is 0 Å². The van der Waals surface area contributed by atoms with E-state index in [4.69, 9.17) is 5.41 Å². The first-order valence-electron chi connectivity index (χ1n) is 4.31. The molecule has 0 bridgehead atoms. The van der Waals surface area contributed by atoms with Crippen LogP contribution in [0, 0.1) is 5.41 Å². The third-order valence-electron chi connectivity index (χ3n) is 2.02. The number of hydrogen-bond acceptors (Lipinski definition) is 4. The van der Waals surface area contributed by atoms with E-state index < -0.39 is 5.97 Å². The Morgan fingerprint density at radius 3 is 2.87 bits per heavy atom. The molecule has 1 aromatic carbocycles. The zero-order valence-electron chi connectivity index (χ0n) is 7.96. The number of carbonyl (C=O) groups excluding carboxylic acids is 2. The van der Waals surface area contributed by atoms with Crippen molar-refractivity contribution in [2.24, 2.45) is 0 Å². The minimum atomic E-state index is -0.598. The lowest BCUT2D eigenvalue weighted by Crippen LogP contribution is -2.09. The third-order valence-corrected chi connectivity index (χ3v) is 2.02. The summed E-state index contributed by atoms with van der Waals surface area (Å²) in [5.74, 6) is -1.05. The summed E-state index contributed by atoms with van der Waals surface area (Å²) in [4.78, 5) is 22.2.